The number of amides is 2. The van der Waals surface area contributed by atoms with Crippen molar-refractivity contribution in [3.8, 4) is 0 Å². The predicted octanol–water partition coefficient (Wildman–Crippen LogP) is 4.89. The molecule has 0 radical (unpaired) electrons. The third kappa shape index (κ3) is 5.40. The van der Waals surface area contributed by atoms with Crippen molar-refractivity contribution in [1.29, 1.82) is 0 Å². The molecule has 2 rings (SSSR count). The van der Waals surface area contributed by atoms with E-state index in [0.29, 0.717) is 57.6 Å². The van der Waals surface area contributed by atoms with E-state index in [1.54, 1.807) is 19.1 Å². The summed E-state index contributed by atoms with van der Waals surface area (Å²) in [5, 5.41) is 3.49. The maximum absolute atomic E-state index is 13.2. The van der Waals surface area contributed by atoms with E-state index in [1.807, 2.05) is 13.8 Å². The maximum atomic E-state index is 13.2. The average Bonchev–Trinajstić information content (AvgIpc) is 2.99. The van der Waals surface area contributed by atoms with Gasteiger partial charge in [-0.05, 0) is 50.5 Å². The van der Waals surface area contributed by atoms with Crippen LogP contribution in [0.5, 0.6) is 0 Å². The minimum absolute atomic E-state index is 0.0909. The normalized spacial score (nSPS) is 10.7. The second-order valence-electron chi connectivity index (χ2n) is 6.79. The van der Waals surface area contributed by atoms with Crippen molar-refractivity contribution >= 4 is 46.5 Å². The third-order valence-corrected chi connectivity index (χ3v) is 5.08. The molecule has 8 heteroatoms. The van der Waals surface area contributed by atoms with Gasteiger partial charge in [0.1, 0.15) is 12.2 Å². The molecule has 2 amide bonds. The van der Waals surface area contributed by atoms with Gasteiger partial charge in [0.2, 0.25) is 5.91 Å². The van der Waals surface area contributed by atoms with Crippen LogP contribution in [0.25, 0.3) is 0 Å². The summed E-state index contributed by atoms with van der Waals surface area (Å²) in [5.41, 5.74) is 2.67. The lowest BCUT2D eigenvalue weighted by Crippen LogP contribution is -2.39. The standard InChI is InChI=1S/C21H25Cl2N3O3/c1-5-9-26(11-18(28)25-17-8-7-14(22)10-16(17)23)21(29)20-15(6-2)19(13(4)27)12(3)24-20/h7-8,10,24H,5-6,9,11H2,1-4H3,(H,25,28). The van der Waals surface area contributed by atoms with Crippen LogP contribution >= 0.6 is 23.2 Å². The first kappa shape index (κ1) is 23.0. The number of halogens is 2. The average molecular weight is 438 g/mol. The van der Waals surface area contributed by atoms with Gasteiger partial charge >= 0.3 is 0 Å². The summed E-state index contributed by atoms with van der Waals surface area (Å²) in [6.45, 7) is 7.34. The highest BCUT2D eigenvalue weighted by molar-refractivity contribution is 6.36. The molecule has 1 aromatic heterocycles. The molecule has 29 heavy (non-hydrogen) atoms. The van der Waals surface area contributed by atoms with Gasteiger partial charge in [-0.2, -0.15) is 0 Å². The van der Waals surface area contributed by atoms with Crippen molar-refractivity contribution in [2.75, 3.05) is 18.4 Å². The Labute approximate surface area is 180 Å². The summed E-state index contributed by atoms with van der Waals surface area (Å²) in [6.07, 6.45) is 1.22. The van der Waals surface area contributed by atoms with E-state index in [0.717, 1.165) is 0 Å². The van der Waals surface area contributed by atoms with Crippen molar-refractivity contribution in [1.82, 2.24) is 9.88 Å². The molecule has 0 aliphatic heterocycles. The number of ketones is 1. The minimum Gasteiger partial charge on any atom is -0.354 e. The third-order valence-electron chi connectivity index (χ3n) is 4.53. The number of aromatic nitrogens is 1. The Morgan fingerprint density at radius 2 is 1.86 bits per heavy atom. The lowest BCUT2D eigenvalue weighted by Gasteiger charge is -2.22. The van der Waals surface area contributed by atoms with Gasteiger partial charge in [0.25, 0.3) is 5.91 Å². The molecule has 0 aliphatic carbocycles. The Balaban J connectivity index is 2.25. The molecule has 0 atom stereocenters. The number of carbonyl (C=O) groups is 3. The van der Waals surface area contributed by atoms with E-state index in [9.17, 15) is 14.4 Å². The van der Waals surface area contributed by atoms with Gasteiger partial charge in [-0.3, -0.25) is 14.4 Å². The Morgan fingerprint density at radius 3 is 2.41 bits per heavy atom. The molecular formula is C21H25Cl2N3O3. The number of Topliss-reactive ketones (excluding diaryl/α,β-unsaturated/α-hetero) is 1. The molecule has 0 aliphatic rings. The molecule has 0 fully saturated rings. The zero-order valence-electron chi connectivity index (χ0n) is 17.0. The fourth-order valence-electron chi connectivity index (χ4n) is 3.32. The van der Waals surface area contributed by atoms with Crippen molar-refractivity contribution < 1.29 is 14.4 Å². The van der Waals surface area contributed by atoms with Gasteiger partial charge in [0, 0.05) is 22.8 Å². The van der Waals surface area contributed by atoms with Crippen LogP contribution in [-0.2, 0) is 11.2 Å². The number of H-pyrrole nitrogens is 1. The summed E-state index contributed by atoms with van der Waals surface area (Å²) < 4.78 is 0. The Bertz CT molecular complexity index is 937. The summed E-state index contributed by atoms with van der Waals surface area (Å²) in [7, 11) is 0. The van der Waals surface area contributed by atoms with Crippen molar-refractivity contribution in [3.63, 3.8) is 0 Å². The number of hydrogen-bond acceptors (Lipinski definition) is 3. The molecular weight excluding hydrogens is 413 g/mol. The fraction of sp³-hybridized carbons (Fsp3) is 0.381. The number of hydrogen-bond donors (Lipinski definition) is 2. The smallest absolute Gasteiger partial charge is 0.271 e. The first-order chi connectivity index (χ1) is 13.7. The second kappa shape index (κ2) is 9.94. The molecule has 0 bridgehead atoms. The first-order valence-electron chi connectivity index (χ1n) is 9.46. The van der Waals surface area contributed by atoms with Crippen LogP contribution in [0, 0.1) is 6.92 Å². The lowest BCUT2D eigenvalue weighted by atomic mass is 10.0. The maximum Gasteiger partial charge on any atom is 0.271 e. The SMILES string of the molecule is CCCN(CC(=O)Nc1ccc(Cl)cc1Cl)C(=O)c1[nH]c(C)c(C(C)=O)c1CC. The highest BCUT2D eigenvalue weighted by Crippen LogP contribution is 2.25. The topological polar surface area (TPSA) is 82.3 Å². The lowest BCUT2D eigenvalue weighted by molar-refractivity contribution is -0.116. The first-order valence-corrected chi connectivity index (χ1v) is 10.2. The number of benzene rings is 1. The van der Waals surface area contributed by atoms with Gasteiger partial charge < -0.3 is 15.2 Å². The van der Waals surface area contributed by atoms with E-state index in [2.05, 4.69) is 10.3 Å². The summed E-state index contributed by atoms with van der Waals surface area (Å²) in [6, 6.07) is 4.76. The van der Waals surface area contributed by atoms with Gasteiger partial charge in [0.05, 0.1) is 10.7 Å². The molecule has 0 unspecified atom stereocenters. The number of anilines is 1. The highest BCUT2D eigenvalue weighted by atomic mass is 35.5. The monoisotopic (exact) mass is 437 g/mol. The van der Waals surface area contributed by atoms with Crippen LogP contribution in [0.1, 0.15) is 59.3 Å². The van der Waals surface area contributed by atoms with Crippen LogP contribution in [0.2, 0.25) is 10.0 Å². The highest BCUT2D eigenvalue weighted by Gasteiger charge is 2.26. The zero-order chi connectivity index (χ0) is 21.7. The predicted molar refractivity (Wildman–Crippen MR) is 116 cm³/mol. The quantitative estimate of drug-likeness (QED) is 0.576. The molecule has 0 saturated carbocycles. The fourth-order valence-corrected chi connectivity index (χ4v) is 3.78. The van der Waals surface area contributed by atoms with E-state index in [4.69, 9.17) is 23.2 Å². The van der Waals surface area contributed by atoms with Gasteiger partial charge in [-0.25, -0.2) is 0 Å². The molecule has 2 N–H and O–H groups in total. The molecule has 0 saturated heterocycles. The van der Waals surface area contributed by atoms with Crippen LogP contribution in [0.15, 0.2) is 18.2 Å². The molecule has 2 aromatic rings. The van der Waals surface area contributed by atoms with Gasteiger partial charge in [-0.15, -0.1) is 0 Å². The largest absolute Gasteiger partial charge is 0.354 e. The number of rotatable bonds is 8. The van der Waals surface area contributed by atoms with Gasteiger partial charge in [0.15, 0.2) is 5.78 Å². The van der Waals surface area contributed by atoms with Crippen LogP contribution in [0.3, 0.4) is 0 Å². The zero-order valence-corrected chi connectivity index (χ0v) is 18.5. The number of carbonyl (C=O) groups excluding carboxylic acids is 3. The van der Waals surface area contributed by atoms with E-state index < -0.39 is 0 Å². The van der Waals surface area contributed by atoms with Crippen molar-refractivity contribution in [3.05, 3.63) is 50.8 Å². The molecule has 156 valence electrons. The summed E-state index contributed by atoms with van der Waals surface area (Å²) in [5.74, 6) is -0.771. The summed E-state index contributed by atoms with van der Waals surface area (Å²) >= 11 is 12.0. The van der Waals surface area contributed by atoms with Crippen LogP contribution < -0.4 is 5.32 Å². The van der Waals surface area contributed by atoms with Crippen LogP contribution in [0.4, 0.5) is 5.69 Å². The van der Waals surface area contributed by atoms with Crippen molar-refractivity contribution in [2.24, 2.45) is 0 Å². The molecule has 0 spiro atoms. The second-order valence-corrected chi connectivity index (χ2v) is 7.63. The Morgan fingerprint density at radius 1 is 1.17 bits per heavy atom. The van der Waals surface area contributed by atoms with E-state index in [1.165, 1.54) is 17.9 Å². The molecule has 1 heterocycles. The molecule has 6 nitrogen and oxygen atoms in total. The van der Waals surface area contributed by atoms with Crippen molar-refractivity contribution in [2.45, 2.75) is 40.5 Å². The van der Waals surface area contributed by atoms with Crippen LogP contribution in [-0.4, -0.2) is 40.6 Å². The minimum atomic E-state index is -0.371. The Kier molecular flexibility index (Phi) is 7.88. The summed E-state index contributed by atoms with van der Waals surface area (Å²) in [4.78, 5) is 42.2. The Hall–Kier alpha value is -2.31. The number of nitrogens with zero attached hydrogens (tertiary/aromatic N) is 1. The van der Waals surface area contributed by atoms with Gasteiger partial charge in [-0.1, -0.05) is 37.0 Å². The number of nitrogens with one attached hydrogen (secondary N) is 2. The van der Waals surface area contributed by atoms with E-state index in [-0.39, 0.29) is 24.1 Å². The number of aromatic amines is 1. The van der Waals surface area contributed by atoms with E-state index >= 15 is 0 Å². The number of aryl methyl sites for hydroxylation is 1. The molecule has 1 aromatic carbocycles.